The van der Waals surface area contributed by atoms with Crippen LogP contribution < -0.4 is 11.1 Å². The Morgan fingerprint density at radius 3 is 2.45 bits per heavy atom. The van der Waals surface area contributed by atoms with Crippen LogP contribution in [-0.4, -0.2) is 27.0 Å². The Morgan fingerprint density at radius 1 is 1.35 bits per heavy atom. The molecular formula is C15H28N4O. The van der Waals surface area contributed by atoms with Gasteiger partial charge in [-0.05, 0) is 25.7 Å². The molecule has 1 rings (SSSR count). The van der Waals surface area contributed by atoms with E-state index in [9.17, 15) is 4.79 Å². The zero-order valence-electron chi connectivity index (χ0n) is 13.3. The van der Waals surface area contributed by atoms with Crippen LogP contribution in [0.2, 0.25) is 0 Å². The summed E-state index contributed by atoms with van der Waals surface area (Å²) in [7, 11) is 0. The number of carbonyl (C=O) groups excluding carboxylic acids is 1. The van der Waals surface area contributed by atoms with Gasteiger partial charge >= 0.3 is 0 Å². The molecule has 0 saturated heterocycles. The Labute approximate surface area is 122 Å². The minimum Gasteiger partial charge on any atom is -0.351 e. The molecule has 0 fully saturated rings. The van der Waals surface area contributed by atoms with Crippen LogP contribution in [0.1, 0.15) is 47.5 Å². The number of rotatable bonds is 6. The fourth-order valence-corrected chi connectivity index (χ4v) is 1.84. The highest BCUT2D eigenvalue weighted by atomic mass is 16.1. The summed E-state index contributed by atoms with van der Waals surface area (Å²) in [6, 6.07) is 0.0603. The quantitative estimate of drug-likeness (QED) is 0.836. The number of aromatic nitrogens is 2. The molecule has 5 nitrogen and oxygen atoms in total. The minimum absolute atomic E-state index is 0.0157. The first kappa shape index (κ1) is 16.7. The number of carbonyl (C=O) groups is 1. The molecule has 114 valence electrons. The maximum Gasteiger partial charge on any atom is 0.220 e. The molecule has 1 aromatic heterocycles. The maximum absolute atomic E-state index is 12.1. The largest absolute Gasteiger partial charge is 0.351 e. The second kappa shape index (κ2) is 6.39. The average Bonchev–Trinajstić information content (AvgIpc) is 2.76. The van der Waals surface area contributed by atoms with Crippen molar-refractivity contribution in [1.29, 1.82) is 0 Å². The monoisotopic (exact) mass is 280 g/mol. The molecule has 0 bridgehead atoms. The van der Waals surface area contributed by atoms with Crippen molar-refractivity contribution in [1.82, 2.24) is 14.9 Å². The SMILES string of the molecule is CC(C)(N)CCC(=O)NC(Cn1ccnc1)C(C)(C)C. The van der Waals surface area contributed by atoms with Crippen molar-refractivity contribution in [2.45, 2.75) is 65.6 Å². The summed E-state index contributed by atoms with van der Waals surface area (Å²) in [4.78, 5) is 16.1. The molecule has 0 aliphatic carbocycles. The van der Waals surface area contributed by atoms with Crippen LogP contribution in [0.5, 0.6) is 0 Å². The van der Waals surface area contributed by atoms with Gasteiger partial charge in [-0.3, -0.25) is 4.79 Å². The van der Waals surface area contributed by atoms with Crippen LogP contribution in [-0.2, 0) is 11.3 Å². The molecule has 0 aliphatic heterocycles. The van der Waals surface area contributed by atoms with E-state index in [2.05, 4.69) is 31.1 Å². The first-order chi connectivity index (χ1) is 9.08. The van der Waals surface area contributed by atoms with Gasteiger partial charge in [0.05, 0.1) is 12.4 Å². The molecule has 1 amide bonds. The Morgan fingerprint density at radius 2 is 2.00 bits per heavy atom. The predicted octanol–water partition coefficient (Wildman–Crippen LogP) is 1.93. The average molecular weight is 280 g/mol. The molecular weight excluding hydrogens is 252 g/mol. The Balaban J connectivity index is 2.59. The van der Waals surface area contributed by atoms with Crippen molar-refractivity contribution in [2.24, 2.45) is 11.1 Å². The summed E-state index contributed by atoms with van der Waals surface area (Å²) in [5.41, 5.74) is 5.60. The zero-order valence-corrected chi connectivity index (χ0v) is 13.3. The lowest BCUT2D eigenvalue weighted by atomic mass is 9.86. The molecule has 1 heterocycles. The van der Waals surface area contributed by atoms with E-state index in [-0.39, 0.29) is 22.9 Å². The zero-order chi connectivity index (χ0) is 15.4. The van der Waals surface area contributed by atoms with E-state index in [0.717, 1.165) is 6.54 Å². The van der Waals surface area contributed by atoms with E-state index in [1.165, 1.54) is 0 Å². The lowest BCUT2D eigenvalue weighted by Gasteiger charge is -2.32. The maximum atomic E-state index is 12.1. The van der Waals surface area contributed by atoms with Crippen molar-refractivity contribution in [3.63, 3.8) is 0 Å². The first-order valence-corrected chi connectivity index (χ1v) is 7.12. The second-order valence-corrected chi connectivity index (χ2v) is 7.23. The van der Waals surface area contributed by atoms with Crippen molar-refractivity contribution in [3.8, 4) is 0 Å². The van der Waals surface area contributed by atoms with E-state index in [4.69, 9.17) is 5.73 Å². The fourth-order valence-electron chi connectivity index (χ4n) is 1.84. The van der Waals surface area contributed by atoms with Gasteiger partial charge in [-0.25, -0.2) is 4.98 Å². The van der Waals surface area contributed by atoms with Gasteiger partial charge < -0.3 is 15.6 Å². The van der Waals surface area contributed by atoms with Crippen LogP contribution >= 0.6 is 0 Å². The third-order valence-corrected chi connectivity index (χ3v) is 3.33. The summed E-state index contributed by atoms with van der Waals surface area (Å²) in [6.45, 7) is 11.0. The second-order valence-electron chi connectivity index (χ2n) is 7.23. The van der Waals surface area contributed by atoms with Gasteiger partial charge in [0, 0.05) is 30.9 Å². The number of nitrogens with one attached hydrogen (secondary N) is 1. The standard InChI is InChI=1S/C15H28N4O/c1-14(2,3)12(10-19-9-8-17-11-19)18-13(20)6-7-15(4,5)16/h8-9,11-12H,6-7,10,16H2,1-5H3,(H,18,20). The summed E-state index contributed by atoms with van der Waals surface area (Å²) < 4.78 is 1.99. The number of nitrogens with two attached hydrogens (primary N) is 1. The molecule has 0 saturated carbocycles. The minimum atomic E-state index is -0.307. The molecule has 1 aromatic rings. The van der Waals surface area contributed by atoms with Crippen molar-refractivity contribution < 1.29 is 4.79 Å². The van der Waals surface area contributed by atoms with Gasteiger partial charge in [0.25, 0.3) is 0 Å². The van der Waals surface area contributed by atoms with Crippen molar-refractivity contribution >= 4 is 5.91 Å². The van der Waals surface area contributed by atoms with Crippen LogP contribution in [0.4, 0.5) is 0 Å². The van der Waals surface area contributed by atoms with E-state index < -0.39 is 0 Å². The molecule has 0 aliphatic rings. The van der Waals surface area contributed by atoms with Gasteiger partial charge in [0.1, 0.15) is 0 Å². The van der Waals surface area contributed by atoms with Gasteiger partial charge in [-0.1, -0.05) is 20.8 Å². The van der Waals surface area contributed by atoms with Gasteiger partial charge in [-0.15, -0.1) is 0 Å². The van der Waals surface area contributed by atoms with E-state index in [0.29, 0.717) is 12.8 Å². The molecule has 0 spiro atoms. The van der Waals surface area contributed by atoms with Gasteiger partial charge in [-0.2, -0.15) is 0 Å². The van der Waals surface area contributed by atoms with Crippen molar-refractivity contribution in [3.05, 3.63) is 18.7 Å². The summed E-state index contributed by atoms with van der Waals surface area (Å²) in [5, 5.41) is 3.12. The third kappa shape index (κ3) is 6.19. The van der Waals surface area contributed by atoms with E-state index in [1.807, 2.05) is 24.6 Å². The van der Waals surface area contributed by atoms with Crippen LogP contribution in [0.15, 0.2) is 18.7 Å². The van der Waals surface area contributed by atoms with Crippen LogP contribution in [0, 0.1) is 5.41 Å². The fraction of sp³-hybridized carbons (Fsp3) is 0.733. The first-order valence-electron chi connectivity index (χ1n) is 7.12. The van der Waals surface area contributed by atoms with Crippen LogP contribution in [0.3, 0.4) is 0 Å². The van der Waals surface area contributed by atoms with E-state index in [1.54, 1.807) is 12.5 Å². The smallest absolute Gasteiger partial charge is 0.220 e. The topological polar surface area (TPSA) is 72.9 Å². The van der Waals surface area contributed by atoms with Gasteiger partial charge in [0.2, 0.25) is 5.91 Å². The highest BCUT2D eigenvalue weighted by Crippen LogP contribution is 2.21. The molecule has 1 unspecified atom stereocenters. The Kier molecular flexibility index (Phi) is 5.34. The van der Waals surface area contributed by atoms with Crippen LogP contribution in [0.25, 0.3) is 0 Å². The summed E-state index contributed by atoms with van der Waals surface area (Å²) in [5.74, 6) is 0.0589. The predicted molar refractivity (Wildman–Crippen MR) is 81.1 cm³/mol. The van der Waals surface area contributed by atoms with E-state index >= 15 is 0 Å². The number of imidazole rings is 1. The highest BCUT2D eigenvalue weighted by molar-refractivity contribution is 5.76. The lowest BCUT2D eigenvalue weighted by molar-refractivity contribution is -0.123. The van der Waals surface area contributed by atoms with Crippen molar-refractivity contribution in [2.75, 3.05) is 0 Å². The molecule has 0 radical (unpaired) electrons. The normalized spacial score (nSPS) is 14.1. The Hall–Kier alpha value is -1.36. The number of nitrogens with zero attached hydrogens (tertiary/aromatic N) is 2. The number of hydrogen-bond acceptors (Lipinski definition) is 3. The third-order valence-electron chi connectivity index (χ3n) is 3.33. The lowest BCUT2D eigenvalue weighted by Crippen LogP contribution is -2.46. The highest BCUT2D eigenvalue weighted by Gasteiger charge is 2.26. The molecule has 5 heteroatoms. The van der Waals surface area contributed by atoms with Gasteiger partial charge in [0.15, 0.2) is 0 Å². The molecule has 20 heavy (non-hydrogen) atoms. The summed E-state index contributed by atoms with van der Waals surface area (Å²) in [6.07, 6.45) is 6.57. The number of hydrogen-bond donors (Lipinski definition) is 2. The number of amides is 1. The molecule has 1 atom stereocenters. The molecule has 0 aromatic carbocycles. The Bertz CT molecular complexity index is 412. The summed E-state index contributed by atoms with van der Waals surface area (Å²) >= 11 is 0. The molecule has 3 N–H and O–H groups in total.